The Labute approximate surface area is 115 Å². The number of aryl methyl sites for hydroxylation is 1. The molecule has 102 valence electrons. The number of rotatable bonds is 4. The van der Waals surface area contributed by atoms with Gasteiger partial charge < -0.3 is 5.32 Å². The van der Waals surface area contributed by atoms with Gasteiger partial charge in [0.15, 0.2) is 5.78 Å². The van der Waals surface area contributed by atoms with Crippen molar-refractivity contribution >= 4 is 5.78 Å². The van der Waals surface area contributed by atoms with Crippen molar-refractivity contribution in [3.8, 4) is 0 Å². The molecule has 0 radical (unpaired) electrons. The van der Waals surface area contributed by atoms with Gasteiger partial charge >= 0.3 is 0 Å². The second-order valence-electron chi connectivity index (χ2n) is 5.93. The quantitative estimate of drug-likeness (QED) is 0.893. The monoisotopic (exact) mass is 257 g/mol. The maximum absolute atomic E-state index is 11.9. The number of hydrogen-bond acceptors (Lipinski definition) is 2. The fraction of sp³-hybridized carbons (Fsp3) is 0.471. The van der Waals surface area contributed by atoms with Gasteiger partial charge in [0.2, 0.25) is 0 Å². The molecule has 1 aromatic carbocycles. The molecule has 1 aliphatic rings. The Bertz CT molecular complexity index is 471. The first kappa shape index (κ1) is 13.9. The van der Waals surface area contributed by atoms with Crippen LogP contribution in [-0.2, 0) is 4.79 Å². The number of allylic oxidation sites excluding steroid dienone is 2. The van der Waals surface area contributed by atoms with E-state index < -0.39 is 0 Å². The van der Waals surface area contributed by atoms with E-state index in [9.17, 15) is 4.79 Å². The Morgan fingerprint density at radius 3 is 2.53 bits per heavy atom. The van der Waals surface area contributed by atoms with Crippen LogP contribution in [-0.4, -0.2) is 12.3 Å². The zero-order valence-corrected chi connectivity index (χ0v) is 12.1. The van der Waals surface area contributed by atoms with Crippen LogP contribution in [0.1, 0.15) is 43.7 Å². The lowest BCUT2D eigenvalue weighted by Crippen LogP contribution is -2.25. The van der Waals surface area contributed by atoms with Gasteiger partial charge in [0.25, 0.3) is 0 Å². The average Bonchev–Trinajstić information content (AvgIpc) is 2.36. The molecular formula is C17H23NO. The maximum atomic E-state index is 11.9. The predicted octanol–water partition coefficient (Wildman–Crippen LogP) is 3.57. The molecule has 0 saturated carbocycles. The number of hydrogen-bond donors (Lipinski definition) is 1. The zero-order chi connectivity index (χ0) is 13.8. The van der Waals surface area contributed by atoms with Gasteiger partial charge in [0.1, 0.15) is 0 Å². The minimum atomic E-state index is 0.239. The van der Waals surface area contributed by atoms with Crippen LogP contribution in [0.3, 0.4) is 0 Å². The highest BCUT2D eigenvalue weighted by molar-refractivity contribution is 5.91. The number of carbonyl (C=O) groups excluding carboxylic acids is 1. The van der Waals surface area contributed by atoms with Gasteiger partial charge in [-0.2, -0.15) is 0 Å². The van der Waals surface area contributed by atoms with E-state index in [0.717, 1.165) is 18.7 Å². The minimum Gasteiger partial charge on any atom is -0.388 e. The van der Waals surface area contributed by atoms with E-state index in [0.29, 0.717) is 18.3 Å². The van der Waals surface area contributed by atoms with Crippen LogP contribution in [0.2, 0.25) is 0 Å². The van der Waals surface area contributed by atoms with Crippen molar-refractivity contribution in [3.05, 3.63) is 47.2 Å². The molecule has 0 saturated heterocycles. The topological polar surface area (TPSA) is 29.1 Å². The SMILES string of the molecule is Cc1ccc([C@H]2CC(=O)C=C(NCC(C)C)C2)cc1. The molecule has 0 heterocycles. The molecule has 0 unspecified atom stereocenters. The Kier molecular flexibility index (Phi) is 4.41. The molecule has 19 heavy (non-hydrogen) atoms. The van der Waals surface area contributed by atoms with Crippen molar-refractivity contribution in [3.63, 3.8) is 0 Å². The lowest BCUT2D eigenvalue weighted by molar-refractivity contribution is -0.115. The normalized spacial score (nSPS) is 19.5. The highest BCUT2D eigenvalue weighted by Crippen LogP contribution is 2.30. The highest BCUT2D eigenvalue weighted by Gasteiger charge is 2.22. The van der Waals surface area contributed by atoms with Gasteiger partial charge in [0.05, 0.1) is 0 Å². The van der Waals surface area contributed by atoms with Crippen LogP contribution in [0.4, 0.5) is 0 Å². The van der Waals surface area contributed by atoms with Gasteiger partial charge in [-0.3, -0.25) is 4.79 Å². The summed E-state index contributed by atoms with van der Waals surface area (Å²) in [6, 6.07) is 8.55. The zero-order valence-electron chi connectivity index (χ0n) is 12.1. The molecular weight excluding hydrogens is 234 g/mol. The first-order valence-corrected chi connectivity index (χ1v) is 7.08. The van der Waals surface area contributed by atoms with E-state index in [2.05, 4.69) is 50.4 Å². The van der Waals surface area contributed by atoms with Crippen molar-refractivity contribution < 1.29 is 4.79 Å². The summed E-state index contributed by atoms with van der Waals surface area (Å²) in [4.78, 5) is 11.9. The van der Waals surface area contributed by atoms with Crippen molar-refractivity contribution in [2.24, 2.45) is 5.92 Å². The molecule has 1 aliphatic carbocycles. The van der Waals surface area contributed by atoms with Crippen LogP contribution in [0.15, 0.2) is 36.0 Å². The maximum Gasteiger partial charge on any atom is 0.158 e. The van der Waals surface area contributed by atoms with Crippen LogP contribution < -0.4 is 5.32 Å². The van der Waals surface area contributed by atoms with Crippen LogP contribution in [0, 0.1) is 12.8 Å². The van der Waals surface area contributed by atoms with Crippen molar-refractivity contribution in [2.45, 2.75) is 39.5 Å². The van der Waals surface area contributed by atoms with Crippen molar-refractivity contribution in [1.29, 1.82) is 0 Å². The van der Waals surface area contributed by atoms with E-state index in [1.807, 2.05) is 0 Å². The molecule has 2 heteroatoms. The number of nitrogens with one attached hydrogen (secondary N) is 1. The van der Waals surface area contributed by atoms with Gasteiger partial charge in [-0.25, -0.2) is 0 Å². The third-order valence-corrected chi connectivity index (χ3v) is 3.54. The highest BCUT2D eigenvalue weighted by atomic mass is 16.1. The predicted molar refractivity (Wildman–Crippen MR) is 79.1 cm³/mol. The van der Waals surface area contributed by atoms with E-state index in [-0.39, 0.29) is 5.78 Å². The molecule has 0 spiro atoms. The molecule has 0 bridgehead atoms. The van der Waals surface area contributed by atoms with Crippen LogP contribution >= 0.6 is 0 Å². The largest absolute Gasteiger partial charge is 0.388 e. The molecule has 1 atom stereocenters. The fourth-order valence-corrected chi connectivity index (χ4v) is 2.43. The minimum absolute atomic E-state index is 0.239. The molecule has 2 nitrogen and oxygen atoms in total. The van der Waals surface area contributed by atoms with Crippen molar-refractivity contribution in [1.82, 2.24) is 5.32 Å². The summed E-state index contributed by atoms with van der Waals surface area (Å²) in [6.45, 7) is 7.37. The van der Waals surface area contributed by atoms with Crippen LogP contribution in [0.25, 0.3) is 0 Å². The Balaban J connectivity index is 2.06. The summed E-state index contributed by atoms with van der Waals surface area (Å²) in [6.07, 6.45) is 3.37. The Morgan fingerprint density at radius 1 is 1.21 bits per heavy atom. The van der Waals surface area contributed by atoms with Crippen LogP contribution in [0.5, 0.6) is 0 Å². The first-order chi connectivity index (χ1) is 9.04. The second kappa shape index (κ2) is 6.05. The summed E-state index contributed by atoms with van der Waals surface area (Å²) in [5.41, 5.74) is 3.63. The number of ketones is 1. The third kappa shape index (κ3) is 3.95. The summed E-state index contributed by atoms with van der Waals surface area (Å²) < 4.78 is 0. The van der Waals surface area contributed by atoms with Gasteiger partial charge in [0, 0.05) is 24.7 Å². The van der Waals surface area contributed by atoms with Gasteiger partial charge in [-0.05, 0) is 30.7 Å². The Hall–Kier alpha value is -1.57. The second-order valence-corrected chi connectivity index (χ2v) is 5.93. The molecule has 0 fully saturated rings. The molecule has 0 aromatic heterocycles. The van der Waals surface area contributed by atoms with Crippen molar-refractivity contribution in [2.75, 3.05) is 6.54 Å². The molecule has 1 aromatic rings. The molecule has 1 N–H and O–H groups in total. The lowest BCUT2D eigenvalue weighted by atomic mass is 9.85. The standard InChI is InChI=1S/C17H23NO/c1-12(2)11-18-16-8-15(9-17(19)10-16)14-6-4-13(3)5-7-14/h4-7,10,12,15,18H,8-9,11H2,1-3H3/t15-/m1/s1. The van der Waals surface area contributed by atoms with Gasteiger partial charge in [-0.1, -0.05) is 43.7 Å². The summed E-state index contributed by atoms with van der Waals surface area (Å²) in [5.74, 6) is 1.16. The molecule has 0 aliphatic heterocycles. The number of benzene rings is 1. The summed E-state index contributed by atoms with van der Waals surface area (Å²) >= 11 is 0. The third-order valence-electron chi connectivity index (χ3n) is 3.54. The summed E-state index contributed by atoms with van der Waals surface area (Å²) in [5, 5.41) is 3.40. The van der Waals surface area contributed by atoms with E-state index in [4.69, 9.17) is 0 Å². The first-order valence-electron chi connectivity index (χ1n) is 7.08. The Morgan fingerprint density at radius 2 is 1.89 bits per heavy atom. The molecule has 2 rings (SSSR count). The number of carbonyl (C=O) groups is 1. The average molecular weight is 257 g/mol. The summed E-state index contributed by atoms with van der Waals surface area (Å²) in [7, 11) is 0. The lowest BCUT2D eigenvalue weighted by Gasteiger charge is -2.24. The molecule has 0 amide bonds. The smallest absolute Gasteiger partial charge is 0.158 e. The van der Waals surface area contributed by atoms with E-state index in [1.165, 1.54) is 11.1 Å². The fourth-order valence-electron chi connectivity index (χ4n) is 2.43. The van der Waals surface area contributed by atoms with Gasteiger partial charge in [-0.15, -0.1) is 0 Å². The van der Waals surface area contributed by atoms with E-state index >= 15 is 0 Å². The van der Waals surface area contributed by atoms with E-state index in [1.54, 1.807) is 6.08 Å².